The van der Waals surface area contributed by atoms with Crippen LogP contribution < -0.4 is 10.6 Å². The average molecular weight is 276 g/mol. The van der Waals surface area contributed by atoms with Crippen LogP contribution >= 0.6 is 0 Å². The summed E-state index contributed by atoms with van der Waals surface area (Å²) < 4.78 is 0. The van der Waals surface area contributed by atoms with E-state index in [9.17, 15) is 14.7 Å². The third-order valence-corrected chi connectivity index (χ3v) is 4.06. The van der Waals surface area contributed by atoms with Crippen LogP contribution in [0.25, 0.3) is 0 Å². The van der Waals surface area contributed by atoms with Crippen LogP contribution in [0.3, 0.4) is 0 Å². The number of hydrogen-bond acceptors (Lipinski definition) is 3. The average Bonchev–Trinajstić information content (AvgIpc) is 2.90. The van der Waals surface area contributed by atoms with Crippen LogP contribution in [0.4, 0.5) is 5.69 Å². The Morgan fingerprint density at radius 1 is 1.45 bits per heavy atom. The molecule has 1 aromatic rings. The van der Waals surface area contributed by atoms with Gasteiger partial charge in [0.15, 0.2) is 0 Å². The number of carbonyl (C=O) groups excluding carboxylic acids is 1. The molecule has 0 spiro atoms. The zero-order chi connectivity index (χ0) is 14.8. The van der Waals surface area contributed by atoms with Gasteiger partial charge in [-0.25, -0.2) is 4.79 Å². The summed E-state index contributed by atoms with van der Waals surface area (Å²) in [5.41, 5.74) is 0.928. The van der Waals surface area contributed by atoms with E-state index in [1.54, 1.807) is 18.2 Å². The number of aromatic carboxylic acids is 1. The number of hydrogen-bond donors (Lipinski definition) is 3. The molecule has 5 nitrogen and oxygen atoms in total. The highest BCUT2D eigenvalue weighted by atomic mass is 16.4. The minimum absolute atomic E-state index is 0.101. The number of aryl methyl sites for hydroxylation is 1. The van der Waals surface area contributed by atoms with E-state index in [0.717, 1.165) is 24.9 Å². The van der Waals surface area contributed by atoms with Crippen molar-refractivity contribution in [3.05, 3.63) is 29.3 Å². The van der Waals surface area contributed by atoms with Crippen LogP contribution in [-0.2, 0) is 4.79 Å². The molecule has 0 saturated carbocycles. The van der Waals surface area contributed by atoms with Crippen molar-refractivity contribution in [1.82, 2.24) is 5.32 Å². The Balaban J connectivity index is 2.25. The maximum Gasteiger partial charge on any atom is 0.337 e. The van der Waals surface area contributed by atoms with Gasteiger partial charge in [-0.05, 0) is 38.4 Å². The molecule has 1 aliphatic rings. The molecule has 0 bridgehead atoms. The molecule has 1 heterocycles. The maximum absolute atomic E-state index is 12.5. The van der Waals surface area contributed by atoms with Crippen molar-refractivity contribution in [2.24, 2.45) is 5.41 Å². The van der Waals surface area contributed by atoms with E-state index < -0.39 is 11.4 Å². The minimum Gasteiger partial charge on any atom is -0.478 e. The lowest BCUT2D eigenvalue weighted by molar-refractivity contribution is -0.124. The standard InChI is InChI=1S/C15H20N2O3/c1-3-15(6-7-16-9-15)14(20)17-12-5-4-10(2)8-11(12)13(18)19/h4-5,8,16H,3,6-7,9H2,1-2H3,(H,17,20)(H,18,19). The third-order valence-electron chi connectivity index (χ3n) is 4.06. The van der Waals surface area contributed by atoms with E-state index in [1.807, 2.05) is 13.8 Å². The number of nitrogens with one attached hydrogen (secondary N) is 2. The summed E-state index contributed by atoms with van der Waals surface area (Å²) in [5, 5.41) is 15.2. The normalized spacial score (nSPS) is 21.7. The molecule has 3 N–H and O–H groups in total. The highest BCUT2D eigenvalue weighted by Crippen LogP contribution is 2.31. The fourth-order valence-electron chi connectivity index (χ4n) is 2.60. The van der Waals surface area contributed by atoms with Crippen molar-refractivity contribution < 1.29 is 14.7 Å². The Labute approximate surface area is 118 Å². The van der Waals surface area contributed by atoms with Gasteiger partial charge in [-0.2, -0.15) is 0 Å². The minimum atomic E-state index is -1.03. The molecular formula is C15H20N2O3. The van der Waals surface area contributed by atoms with Crippen LogP contribution in [0, 0.1) is 12.3 Å². The van der Waals surface area contributed by atoms with Gasteiger partial charge in [-0.1, -0.05) is 18.6 Å². The van der Waals surface area contributed by atoms with Gasteiger partial charge in [-0.15, -0.1) is 0 Å². The molecule has 1 amide bonds. The van der Waals surface area contributed by atoms with Crippen molar-refractivity contribution in [3.8, 4) is 0 Å². The van der Waals surface area contributed by atoms with Crippen LogP contribution in [-0.4, -0.2) is 30.1 Å². The summed E-state index contributed by atoms with van der Waals surface area (Å²) in [6.45, 7) is 5.27. The smallest absolute Gasteiger partial charge is 0.337 e. The Morgan fingerprint density at radius 2 is 2.20 bits per heavy atom. The summed E-state index contributed by atoms with van der Waals surface area (Å²) in [5.74, 6) is -1.13. The zero-order valence-electron chi connectivity index (χ0n) is 11.8. The maximum atomic E-state index is 12.5. The second-order valence-corrected chi connectivity index (χ2v) is 5.37. The summed E-state index contributed by atoms with van der Waals surface area (Å²) in [7, 11) is 0. The van der Waals surface area contributed by atoms with Gasteiger partial charge >= 0.3 is 5.97 Å². The van der Waals surface area contributed by atoms with Crippen molar-refractivity contribution in [1.29, 1.82) is 0 Å². The number of carbonyl (C=O) groups is 2. The van der Waals surface area contributed by atoms with Crippen LogP contribution in [0.15, 0.2) is 18.2 Å². The molecule has 1 atom stereocenters. The fraction of sp³-hybridized carbons (Fsp3) is 0.467. The van der Waals surface area contributed by atoms with E-state index in [-0.39, 0.29) is 11.5 Å². The number of rotatable bonds is 4. The summed E-state index contributed by atoms with van der Waals surface area (Å²) in [6.07, 6.45) is 1.52. The van der Waals surface area contributed by atoms with E-state index in [4.69, 9.17) is 0 Å². The molecule has 1 aliphatic heterocycles. The molecule has 20 heavy (non-hydrogen) atoms. The lowest BCUT2D eigenvalue weighted by Crippen LogP contribution is -2.37. The predicted molar refractivity (Wildman–Crippen MR) is 77.0 cm³/mol. The van der Waals surface area contributed by atoms with Gasteiger partial charge in [0, 0.05) is 6.54 Å². The SMILES string of the molecule is CCC1(C(=O)Nc2ccc(C)cc2C(=O)O)CCNC1. The van der Waals surface area contributed by atoms with Crippen LogP contribution in [0.2, 0.25) is 0 Å². The van der Waals surface area contributed by atoms with Crippen molar-refractivity contribution in [2.45, 2.75) is 26.7 Å². The van der Waals surface area contributed by atoms with Crippen LogP contribution in [0.5, 0.6) is 0 Å². The number of carboxylic acids is 1. The summed E-state index contributed by atoms with van der Waals surface area (Å²) >= 11 is 0. The number of amides is 1. The number of anilines is 1. The largest absolute Gasteiger partial charge is 0.478 e. The molecule has 2 rings (SSSR count). The Hall–Kier alpha value is -1.88. The molecule has 108 valence electrons. The highest BCUT2D eigenvalue weighted by Gasteiger charge is 2.39. The van der Waals surface area contributed by atoms with E-state index in [2.05, 4.69) is 10.6 Å². The number of carboxylic acid groups (broad SMARTS) is 1. The molecule has 5 heteroatoms. The Bertz CT molecular complexity index is 534. The Kier molecular flexibility index (Phi) is 4.09. The second kappa shape index (κ2) is 5.63. The molecule has 1 aromatic carbocycles. The first-order valence-electron chi connectivity index (χ1n) is 6.84. The van der Waals surface area contributed by atoms with Crippen molar-refractivity contribution >= 4 is 17.6 Å². The van der Waals surface area contributed by atoms with E-state index in [0.29, 0.717) is 12.2 Å². The summed E-state index contributed by atoms with van der Waals surface area (Å²) in [4.78, 5) is 23.7. The lowest BCUT2D eigenvalue weighted by Gasteiger charge is -2.25. The van der Waals surface area contributed by atoms with Crippen LogP contribution in [0.1, 0.15) is 35.7 Å². The van der Waals surface area contributed by atoms with Crippen molar-refractivity contribution in [2.75, 3.05) is 18.4 Å². The van der Waals surface area contributed by atoms with Gasteiger partial charge in [0.05, 0.1) is 16.7 Å². The molecule has 0 radical (unpaired) electrons. The van der Waals surface area contributed by atoms with Crippen molar-refractivity contribution in [3.63, 3.8) is 0 Å². The molecule has 0 aromatic heterocycles. The number of benzene rings is 1. The fourth-order valence-corrected chi connectivity index (χ4v) is 2.60. The highest BCUT2D eigenvalue weighted by molar-refractivity contribution is 6.02. The van der Waals surface area contributed by atoms with Gasteiger partial charge in [0.2, 0.25) is 5.91 Å². The zero-order valence-corrected chi connectivity index (χ0v) is 11.8. The molecular weight excluding hydrogens is 256 g/mol. The van der Waals surface area contributed by atoms with Gasteiger partial charge < -0.3 is 15.7 Å². The third kappa shape index (κ3) is 2.67. The quantitative estimate of drug-likeness (QED) is 0.786. The molecule has 1 unspecified atom stereocenters. The second-order valence-electron chi connectivity index (χ2n) is 5.37. The molecule has 1 saturated heterocycles. The topological polar surface area (TPSA) is 78.4 Å². The monoisotopic (exact) mass is 276 g/mol. The van der Waals surface area contributed by atoms with Gasteiger partial charge in [0.1, 0.15) is 0 Å². The van der Waals surface area contributed by atoms with E-state index >= 15 is 0 Å². The van der Waals surface area contributed by atoms with Gasteiger partial charge in [-0.3, -0.25) is 4.79 Å². The first-order chi connectivity index (χ1) is 9.48. The molecule has 1 fully saturated rings. The van der Waals surface area contributed by atoms with Gasteiger partial charge in [0.25, 0.3) is 0 Å². The lowest BCUT2D eigenvalue weighted by atomic mass is 9.83. The first kappa shape index (κ1) is 14.5. The first-order valence-corrected chi connectivity index (χ1v) is 6.84. The predicted octanol–water partition coefficient (Wildman–Crippen LogP) is 2.02. The summed E-state index contributed by atoms with van der Waals surface area (Å²) in [6, 6.07) is 5.03. The molecule has 0 aliphatic carbocycles. The van der Waals surface area contributed by atoms with E-state index in [1.165, 1.54) is 0 Å². The Morgan fingerprint density at radius 3 is 2.75 bits per heavy atom.